The van der Waals surface area contributed by atoms with Gasteiger partial charge >= 0.3 is 0 Å². The third kappa shape index (κ3) is 3.28. The fourth-order valence-electron chi connectivity index (χ4n) is 3.79. The molecule has 0 radical (unpaired) electrons. The second-order valence-corrected chi connectivity index (χ2v) is 8.45. The van der Waals surface area contributed by atoms with Gasteiger partial charge in [0.25, 0.3) is 5.69 Å². The van der Waals surface area contributed by atoms with E-state index in [1.165, 1.54) is 16.4 Å². The van der Waals surface area contributed by atoms with Crippen LogP contribution in [0.15, 0.2) is 23.1 Å². The lowest BCUT2D eigenvalue weighted by atomic mass is 9.78. The van der Waals surface area contributed by atoms with Gasteiger partial charge in [-0.2, -0.15) is 4.31 Å². The van der Waals surface area contributed by atoms with Gasteiger partial charge in [0, 0.05) is 31.3 Å². The maximum absolute atomic E-state index is 12.9. The van der Waals surface area contributed by atoms with Gasteiger partial charge in [0.1, 0.15) is 0 Å². The SMILES string of the molecule is Cc1ccc([N+](=O)[O-])cc1S(=O)(=O)N1CC2CCCC(N)C2C1.Cl. The van der Waals surface area contributed by atoms with Crippen LogP contribution in [0.3, 0.4) is 0 Å². The van der Waals surface area contributed by atoms with E-state index < -0.39 is 14.9 Å². The van der Waals surface area contributed by atoms with Crippen molar-refractivity contribution in [3.8, 4) is 0 Å². The van der Waals surface area contributed by atoms with E-state index in [2.05, 4.69) is 0 Å². The normalized spacial score (nSPS) is 27.3. The molecule has 0 amide bonds. The van der Waals surface area contributed by atoms with Crippen molar-refractivity contribution in [1.82, 2.24) is 4.31 Å². The minimum Gasteiger partial charge on any atom is -0.327 e. The number of aryl methyl sites for hydroxylation is 1. The molecule has 3 atom stereocenters. The molecule has 3 rings (SSSR count). The molecule has 1 aromatic rings. The fourth-order valence-corrected chi connectivity index (χ4v) is 5.57. The quantitative estimate of drug-likeness (QED) is 0.642. The van der Waals surface area contributed by atoms with Crippen LogP contribution in [0.25, 0.3) is 0 Å². The highest BCUT2D eigenvalue weighted by molar-refractivity contribution is 7.89. The number of halogens is 1. The van der Waals surface area contributed by atoms with E-state index in [1.807, 2.05) is 0 Å². The number of nitrogens with two attached hydrogens (primary N) is 1. The Morgan fingerprint density at radius 2 is 2.00 bits per heavy atom. The topological polar surface area (TPSA) is 107 Å². The summed E-state index contributed by atoms with van der Waals surface area (Å²) in [5.41, 5.74) is 6.46. The van der Waals surface area contributed by atoms with Gasteiger partial charge in [-0.25, -0.2) is 8.42 Å². The Balaban J connectivity index is 0.00000208. The molecule has 9 heteroatoms. The van der Waals surface area contributed by atoms with Gasteiger partial charge in [0.2, 0.25) is 10.0 Å². The molecule has 2 N–H and O–H groups in total. The Morgan fingerprint density at radius 1 is 1.29 bits per heavy atom. The number of non-ortho nitro benzene ring substituents is 1. The Labute approximate surface area is 147 Å². The van der Waals surface area contributed by atoms with Crippen LogP contribution in [0, 0.1) is 28.9 Å². The van der Waals surface area contributed by atoms with E-state index >= 15 is 0 Å². The van der Waals surface area contributed by atoms with Crippen LogP contribution >= 0.6 is 12.4 Å². The molecule has 1 aromatic carbocycles. The average Bonchev–Trinajstić information content (AvgIpc) is 2.93. The number of nitrogens with zero attached hydrogens (tertiary/aromatic N) is 2. The minimum absolute atomic E-state index is 0. The summed E-state index contributed by atoms with van der Waals surface area (Å²) in [6.45, 7) is 2.53. The smallest absolute Gasteiger partial charge is 0.270 e. The summed E-state index contributed by atoms with van der Waals surface area (Å²) in [5.74, 6) is 0.491. The largest absolute Gasteiger partial charge is 0.327 e. The third-order valence-corrected chi connectivity index (χ3v) is 7.09. The summed E-state index contributed by atoms with van der Waals surface area (Å²) in [5, 5.41) is 10.9. The monoisotopic (exact) mass is 375 g/mol. The van der Waals surface area contributed by atoms with Crippen molar-refractivity contribution in [1.29, 1.82) is 0 Å². The van der Waals surface area contributed by atoms with E-state index in [-0.39, 0.29) is 34.9 Å². The molecular weight excluding hydrogens is 354 g/mol. The molecule has 2 aliphatic rings. The summed E-state index contributed by atoms with van der Waals surface area (Å²) in [7, 11) is -3.73. The van der Waals surface area contributed by atoms with Crippen molar-refractivity contribution in [3.05, 3.63) is 33.9 Å². The first-order valence-corrected chi connectivity index (χ1v) is 9.25. The molecule has 1 saturated carbocycles. The van der Waals surface area contributed by atoms with Crippen molar-refractivity contribution in [3.63, 3.8) is 0 Å². The molecule has 2 fully saturated rings. The lowest BCUT2D eigenvalue weighted by Gasteiger charge is -2.29. The van der Waals surface area contributed by atoms with Crippen LogP contribution < -0.4 is 5.73 Å². The van der Waals surface area contributed by atoms with Crippen LogP contribution in [-0.4, -0.2) is 36.8 Å². The van der Waals surface area contributed by atoms with Crippen molar-refractivity contribution in [2.75, 3.05) is 13.1 Å². The van der Waals surface area contributed by atoms with Crippen LogP contribution in [0.1, 0.15) is 24.8 Å². The number of sulfonamides is 1. The van der Waals surface area contributed by atoms with E-state index in [0.29, 0.717) is 24.6 Å². The van der Waals surface area contributed by atoms with E-state index in [4.69, 9.17) is 5.73 Å². The van der Waals surface area contributed by atoms with Gasteiger partial charge in [-0.3, -0.25) is 10.1 Å². The highest BCUT2D eigenvalue weighted by atomic mass is 35.5. The number of nitro benzene ring substituents is 1. The Kier molecular flexibility index (Phi) is 5.54. The molecule has 0 aromatic heterocycles. The van der Waals surface area contributed by atoms with Gasteiger partial charge in [-0.15, -0.1) is 12.4 Å². The molecule has 134 valence electrons. The number of rotatable bonds is 3. The standard InChI is InChI=1S/C15H21N3O4S.ClH/c1-10-5-6-12(18(19)20)7-15(10)23(21,22)17-8-11-3-2-4-14(16)13(11)9-17;/h5-7,11,13-14H,2-4,8-9,16H2,1H3;1H. The molecule has 3 unspecified atom stereocenters. The molecule has 24 heavy (non-hydrogen) atoms. The van der Waals surface area contributed by atoms with Gasteiger partial charge in [-0.1, -0.05) is 12.5 Å². The lowest BCUT2D eigenvalue weighted by Crippen LogP contribution is -2.38. The van der Waals surface area contributed by atoms with Gasteiger partial charge in [0.05, 0.1) is 9.82 Å². The van der Waals surface area contributed by atoms with Crippen LogP contribution in [-0.2, 0) is 10.0 Å². The van der Waals surface area contributed by atoms with E-state index in [1.54, 1.807) is 6.92 Å². The number of benzene rings is 1. The highest BCUT2D eigenvalue weighted by Crippen LogP contribution is 2.38. The zero-order valence-corrected chi connectivity index (χ0v) is 15.1. The maximum Gasteiger partial charge on any atom is 0.270 e. The second kappa shape index (κ2) is 6.95. The highest BCUT2D eigenvalue weighted by Gasteiger charge is 2.43. The first kappa shape index (κ1) is 19.1. The summed E-state index contributed by atoms with van der Waals surface area (Å²) in [6.07, 6.45) is 2.97. The Hall–Kier alpha value is -1.22. The average molecular weight is 376 g/mol. The molecule has 7 nitrogen and oxygen atoms in total. The summed E-state index contributed by atoms with van der Waals surface area (Å²) in [4.78, 5) is 10.4. The molecule has 1 saturated heterocycles. The summed E-state index contributed by atoms with van der Waals surface area (Å²) >= 11 is 0. The van der Waals surface area contributed by atoms with Crippen molar-refractivity contribution >= 4 is 28.1 Å². The van der Waals surface area contributed by atoms with Gasteiger partial charge < -0.3 is 5.73 Å². The first-order chi connectivity index (χ1) is 10.8. The predicted molar refractivity (Wildman–Crippen MR) is 92.6 cm³/mol. The van der Waals surface area contributed by atoms with Gasteiger partial charge in [-0.05, 0) is 37.2 Å². The molecule has 1 aliphatic carbocycles. The number of hydrogen-bond acceptors (Lipinski definition) is 5. The molecule has 0 spiro atoms. The lowest BCUT2D eigenvalue weighted by molar-refractivity contribution is -0.385. The predicted octanol–water partition coefficient (Wildman–Crippen LogP) is 2.07. The van der Waals surface area contributed by atoms with E-state index in [0.717, 1.165) is 25.3 Å². The zero-order valence-electron chi connectivity index (χ0n) is 13.4. The molecular formula is C15H22ClN3O4S. The molecule has 1 aliphatic heterocycles. The van der Waals surface area contributed by atoms with Crippen molar-refractivity contribution in [2.24, 2.45) is 17.6 Å². The van der Waals surface area contributed by atoms with Gasteiger partial charge in [0.15, 0.2) is 0 Å². The maximum atomic E-state index is 12.9. The molecule has 1 heterocycles. The van der Waals surface area contributed by atoms with E-state index in [9.17, 15) is 18.5 Å². The van der Waals surface area contributed by atoms with Crippen LogP contribution in [0.2, 0.25) is 0 Å². The Bertz CT molecular complexity index is 740. The van der Waals surface area contributed by atoms with Crippen molar-refractivity contribution < 1.29 is 13.3 Å². The summed E-state index contributed by atoms with van der Waals surface area (Å²) < 4.78 is 27.3. The minimum atomic E-state index is -3.73. The first-order valence-electron chi connectivity index (χ1n) is 7.81. The summed E-state index contributed by atoms with van der Waals surface area (Å²) in [6, 6.07) is 4.01. The third-order valence-electron chi connectivity index (χ3n) is 5.12. The Morgan fingerprint density at radius 3 is 2.62 bits per heavy atom. The van der Waals surface area contributed by atoms with Crippen LogP contribution in [0.5, 0.6) is 0 Å². The van der Waals surface area contributed by atoms with Crippen molar-refractivity contribution in [2.45, 2.75) is 37.1 Å². The second-order valence-electron chi connectivity index (χ2n) is 6.55. The molecule has 0 bridgehead atoms. The number of nitro groups is 1. The number of fused-ring (bicyclic) bond motifs is 1. The van der Waals surface area contributed by atoms with Crippen LogP contribution in [0.4, 0.5) is 5.69 Å². The number of hydrogen-bond donors (Lipinski definition) is 1. The zero-order chi connectivity index (χ0) is 16.8. The fraction of sp³-hybridized carbons (Fsp3) is 0.600.